The Morgan fingerprint density at radius 3 is 2.53 bits per heavy atom. The average molecular weight is 416 g/mol. The lowest BCUT2D eigenvalue weighted by molar-refractivity contribution is 0.411. The Morgan fingerprint density at radius 2 is 1.80 bits per heavy atom. The van der Waals surface area contributed by atoms with Crippen molar-refractivity contribution in [3.05, 3.63) is 94.4 Å². The van der Waals surface area contributed by atoms with Crippen LogP contribution in [0.2, 0.25) is 5.02 Å². The summed E-state index contributed by atoms with van der Waals surface area (Å²) in [6.07, 6.45) is 3.85. The highest BCUT2D eigenvalue weighted by atomic mass is 35.5. The van der Waals surface area contributed by atoms with Crippen LogP contribution in [0.25, 0.3) is 16.9 Å². The average Bonchev–Trinajstić information content (AvgIpc) is 3.33. The number of aromatic nitrogens is 3. The van der Waals surface area contributed by atoms with Crippen LogP contribution >= 0.6 is 11.6 Å². The summed E-state index contributed by atoms with van der Waals surface area (Å²) in [5.74, 6) is 1.20. The lowest BCUT2D eigenvalue weighted by Crippen LogP contribution is -2.06. The zero-order valence-electron chi connectivity index (χ0n) is 17.0. The van der Waals surface area contributed by atoms with E-state index in [1.165, 1.54) is 11.1 Å². The molecule has 0 saturated heterocycles. The number of rotatable bonds is 4. The van der Waals surface area contributed by atoms with Crippen LogP contribution in [0.1, 0.15) is 28.4 Å². The Balaban J connectivity index is 1.63. The Labute approximate surface area is 181 Å². The largest absolute Gasteiger partial charge is 0.494 e. The number of hydrogen-bond acceptors (Lipinski definition) is 3. The van der Waals surface area contributed by atoms with Crippen molar-refractivity contribution < 1.29 is 4.74 Å². The van der Waals surface area contributed by atoms with Crippen molar-refractivity contribution in [3.8, 4) is 22.7 Å². The van der Waals surface area contributed by atoms with E-state index in [0.717, 1.165) is 51.9 Å². The van der Waals surface area contributed by atoms with Gasteiger partial charge in [-0.05, 0) is 61.6 Å². The number of pyridine rings is 1. The Morgan fingerprint density at radius 1 is 1.00 bits per heavy atom. The minimum atomic E-state index is 0.397. The molecular formula is C25H22ClN3O. The number of halogens is 1. The van der Waals surface area contributed by atoms with E-state index in [4.69, 9.17) is 21.4 Å². The fourth-order valence-corrected chi connectivity index (χ4v) is 4.39. The summed E-state index contributed by atoms with van der Waals surface area (Å²) in [5.41, 5.74) is 7.87. The van der Waals surface area contributed by atoms with Crippen molar-refractivity contribution in [2.75, 3.05) is 7.11 Å². The summed E-state index contributed by atoms with van der Waals surface area (Å²) in [4.78, 5) is 4.49. The highest BCUT2D eigenvalue weighted by molar-refractivity contribution is 6.30. The molecule has 2 heterocycles. The summed E-state index contributed by atoms with van der Waals surface area (Å²) < 4.78 is 7.65. The van der Waals surface area contributed by atoms with Crippen LogP contribution in [-0.2, 0) is 12.8 Å². The molecule has 5 rings (SSSR count). The number of methoxy groups -OCH3 is 1. The van der Waals surface area contributed by atoms with E-state index in [9.17, 15) is 0 Å². The third kappa shape index (κ3) is 3.27. The highest BCUT2D eigenvalue weighted by Crippen LogP contribution is 2.41. The molecule has 2 aromatic carbocycles. The second-order valence-electron chi connectivity index (χ2n) is 7.70. The molecule has 0 bridgehead atoms. The molecule has 30 heavy (non-hydrogen) atoms. The van der Waals surface area contributed by atoms with E-state index >= 15 is 0 Å². The minimum absolute atomic E-state index is 0.397. The van der Waals surface area contributed by atoms with Crippen LogP contribution in [0.15, 0.2) is 66.9 Å². The van der Waals surface area contributed by atoms with E-state index in [1.54, 1.807) is 7.11 Å². The van der Waals surface area contributed by atoms with Crippen molar-refractivity contribution in [2.45, 2.75) is 25.7 Å². The van der Waals surface area contributed by atoms with Gasteiger partial charge < -0.3 is 4.74 Å². The van der Waals surface area contributed by atoms with Crippen molar-refractivity contribution in [3.63, 3.8) is 0 Å². The molecule has 0 fully saturated rings. The van der Waals surface area contributed by atoms with Crippen molar-refractivity contribution >= 4 is 11.6 Å². The smallest absolute Gasteiger partial charge is 0.144 e. The van der Waals surface area contributed by atoms with Gasteiger partial charge in [0.25, 0.3) is 0 Å². The number of ether oxygens (including phenoxy) is 1. The quantitative estimate of drug-likeness (QED) is 0.423. The molecule has 0 radical (unpaired) electrons. The van der Waals surface area contributed by atoms with Gasteiger partial charge in [0.15, 0.2) is 0 Å². The molecule has 150 valence electrons. The van der Waals surface area contributed by atoms with Crippen LogP contribution in [0.5, 0.6) is 5.75 Å². The molecular weight excluding hydrogens is 394 g/mol. The van der Waals surface area contributed by atoms with E-state index in [1.807, 2.05) is 54.2 Å². The standard InChI is InChI=1S/C25H22ClN3O/c1-16-7-8-18(15-27-16)19-13-21-22(14-19)28-29(23-5-3-4-6-24(23)30-2)25(21)17-9-11-20(26)12-10-17/h3-12,15,19H,13-14H2,1-2H3. The summed E-state index contributed by atoms with van der Waals surface area (Å²) in [7, 11) is 1.69. The van der Waals surface area contributed by atoms with E-state index in [2.05, 4.69) is 29.2 Å². The number of aryl methyl sites for hydroxylation is 1. The number of hydrogen-bond donors (Lipinski definition) is 0. The Bertz CT molecular complexity index is 1200. The van der Waals surface area contributed by atoms with Crippen LogP contribution in [0.3, 0.4) is 0 Å². The molecule has 0 N–H and O–H groups in total. The van der Waals surface area contributed by atoms with Crippen molar-refractivity contribution in [1.82, 2.24) is 14.8 Å². The molecule has 5 heteroatoms. The van der Waals surface area contributed by atoms with E-state index in [-0.39, 0.29) is 0 Å². The summed E-state index contributed by atoms with van der Waals surface area (Å²) in [5, 5.41) is 5.77. The first-order valence-corrected chi connectivity index (χ1v) is 10.4. The van der Waals surface area contributed by atoms with Crippen LogP contribution in [0.4, 0.5) is 0 Å². The maximum absolute atomic E-state index is 6.16. The normalized spacial score (nSPS) is 15.2. The zero-order valence-corrected chi connectivity index (χ0v) is 17.7. The SMILES string of the molecule is COc1ccccc1-n1nc2c(c1-c1ccc(Cl)cc1)CC(c1ccc(C)nc1)C2. The lowest BCUT2D eigenvalue weighted by atomic mass is 9.96. The highest BCUT2D eigenvalue weighted by Gasteiger charge is 2.31. The molecule has 1 aliphatic rings. The van der Waals surface area contributed by atoms with Gasteiger partial charge in [-0.15, -0.1) is 0 Å². The summed E-state index contributed by atoms with van der Waals surface area (Å²) in [6, 6.07) is 20.3. The molecule has 1 unspecified atom stereocenters. The fourth-order valence-electron chi connectivity index (χ4n) is 4.27. The van der Waals surface area contributed by atoms with Crippen LogP contribution in [0, 0.1) is 6.92 Å². The Kier molecular flexibility index (Phi) is 4.80. The first kappa shape index (κ1) is 18.9. The maximum Gasteiger partial charge on any atom is 0.144 e. The van der Waals surface area contributed by atoms with Crippen LogP contribution < -0.4 is 4.74 Å². The second kappa shape index (κ2) is 7.62. The van der Waals surface area contributed by atoms with Crippen molar-refractivity contribution in [1.29, 1.82) is 0 Å². The van der Waals surface area contributed by atoms with Gasteiger partial charge in [-0.1, -0.05) is 41.9 Å². The third-order valence-electron chi connectivity index (χ3n) is 5.79. The number of benzene rings is 2. The number of nitrogens with zero attached hydrogens (tertiary/aromatic N) is 3. The van der Waals surface area contributed by atoms with E-state index < -0.39 is 0 Å². The lowest BCUT2D eigenvalue weighted by Gasteiger charge is -2.15. The van der Waals surface area contributed by atoms with Gasteiger partial charge in [0.1, 0.15) is 11.4 Å². The maximum atomic E-state index is 6.16. The first-order valence-electron chi connectivity index (χ1n) is 10.1. The monoisotopic (exact) mass is 415 g/mol. The predicted octanol–water partition coefficient (Wildman–Crippen LogP) is 5.79. The van der Waals surface area contributed by atoms with Crippen LogP contribution in [-0.4, -0.2) is 21.9 Å². The van der Waals surface area contributed by atoms with Gasteiger partial charge in [-0.3, -0.25) is 4.98 Å². The molecule has 2 aromatic heterocycles. The molecule has 0 spiro atoms. The predicted molar refractivity (Wildman–Crippen MR) is 120 cm³/mol. The van der Waals surface area contributed by atoms with Gasteiger partial charge in [0.05, 0.1) is 18.5 Å². The minimum Gasteiger partial charge on any atom is -0.494 e. The molecule has 4 aromatic rings. The summed E-state index contributed by atoms with van der Waals surface area (Å²) >= 11 is 6.16. The topological polar surface area (TPSA) is 39.9 Å². The number of fused-ring (bicyclic) bond motifs is 1. The van der Waals surface area contributed by atoms with Gasteiger partial charge in [-0.25, -0.2) is 4.68 Å². The Hall–Kier alpha value is -3.11. The van der Waals surface area contributed by atoms with Crippen molar-refractivity contribution in [2.24, 2.45) is 0 Å². The molecule has 0 saturated carbocycles. The fraction of sp³-hybridized carbons (Fsp3) is 0.200. The van der Waals surface area contributed by atoms with E-state index in [0.29, 0.717) is 5.92 Å². The molecule has 1 atom stereocenters. The second-order valence-corrected chi connectivity index (χ2v) is 8.14. The zero-order chi connectivity index (χ0) is 20.7. The summed E-state index contributed by atoms with van der Waals surface area (Å²) in [6.45, 7) is 2.02. The molecule has 4 nitrogen and oxygen atoms in total. The number of para-hydroxylation sites is 2. The van der Waals surface area contributed by atoms with Gasteiger partial charge in [0, 0.05) is 28.0 Å². The van der Waals surface area contributed by atoms with Gasteiger partial charge in [-0.2, -0.15) is 5.10 Å². The first-order chi connectivity index (χ1) is 14.6. The third-order valence-corrected chi connectivity index (χ3v) is 6.05. The van der Waals surface area contributed by atoms with Gasteiger partial charge in [0.2, 0.25) is 0 Å². The molecule has 0 aliphatic heterocycles. The molecule has 1 aliphatic carbocycles. The van der Waals surface area contributed by atoms with Gasteiger partial charge >= 0.3 is 0 Å². The molecule has 0 amide bonds.